The van der Waals surface area contributed by atoms with Crippen LogP contribution in [0.15, 0.2) is 0 Å². The molecule has 1 N–H and O–H groups in total. The Balaban J connectivity index is 2.13. The van der Waals surface area contributed by atoms with Gasteiger partial charge in [-0.1, -0.05) is 206 Å². The quantitative estimate of drug-likeness (QED) is 0.0336. The Morgan fingerprint density at radius 3 is 1.04 bits per heavy atom. The average molecular weight is 1510 g/mol. The third-order valence-corrected chi connectivity index (χ3v) is 19.0. The van der Waals surface area contributed by atoms with Gasteiger partial charge in [-0.2, -0.15) is 0 Å². The molecular formula is C80H138N2O24. The topological polar surface area (TPSA) is 315 Å². The lowest BCUT2D eigenvalue weighted by Crippen LogP contribution is -2.68. The minimum Gasteiger partial charge on any atom is -0.462 e. The van der Waals surface area contributed by atoms with Gasteiger partial charge >= 0.3 is 47.8 Å². The first-order valence-corrected chi connectivity index (χ1v) is 40.1. The first-order valence-electron chi connectivity index (χ1n) is 40.1. The number of carbonyl (C=O) groups is 10. The molecule has 3 saturated heterocycles. The van der Waals surface area contributed by atoms with E-state index in [1.54, 1.807) is 41.5 Å². The van der Waals surface area contributed by atoms with Crippen LogP contribution in [0.25, 0.3) is 0 Å². The van der Waals surface area contributed by atoms with Crippen LogP contribution in [0, 0.1) is 10.8 Å². The van der Waals surface area contributed by atoms with Crippen LogP contribution in [-0.2, 0) is 114 Å². The summed E-state index contributed by atoms with van der Waals surface area (Å²) in [6.07, 6.45) is 12.5. The lowest BCUT2D eigenvalue weighted by atomic mass is 9.94. The van der Waals surface area contributed by atoms with Crippen molar-refractivity contribution < 1.29 is 114 Å². The highest BCUT2D eigenvalue weighted by Gasteiger charge is 2.60. The van der Waals surface area contributed by atoms with Gasteiger partial charge in [0.1, 0.15) is 25.4 Å². The third-order valence-electron chi connectivity index (χ3n) is 19.0. The zero-order valence-electron chi connectivity index (χ0n) is 67.6. The summed E-state index contributed by atoms with van der Waals surface area (Å²) in [5.41, 5.74) is -2.46. The summed E-state index contributed by atoms with van der Waals surface area (Å²) in [6, 6.07) is 0. The van der Waals surface area contributed by atoms with Gasteiger partial charge in [-0.05, 0) is 68.2 Å². The number of rotatable bonds is 52. The van der Waals surface area contributed by atoms with Gasteiger partial charge in [-0.15, -0.1) is 0 Å². The molecule has 0 bridgehead atoms. The molecule has 3 aliphatic rings. The van der Waals surface area contributed by atoms with Crippen molar-refractivity contribution in [2.75, 3.05) is 32.8 Å². The fourth-order valence-corrected chi connectivity index (χ4v) is 13.3. The van der Waals surface area contributed by atoms with Gasteiger partial charge in [-0.25, -0.2) is 0 Å². The molecule has 106 heavy (non-hydrogen) atoms. The molecule has 0 aromatic rings. The lowest BCUT2D eigenvalue weighted by Gasteiger charge is -2.50. The van der Waals surface area contributed by atoms with Crippen molar-refractivity contribution in [3.63, 3.8) is 0 Å². The van der Waals surface area contributed by atoms with Gasteiger partial charge in [0.05, 0.1) is 29.6 Å². The summed E-state index contributed by atoms with van der Waals surface area (Å²) in [5, 5.41) is 3.02. The van der Waals surface area contributed by atoms with Crippen molar-refractivity contribution in [2.45, 2.75) is 408 Å². The van der Waals surface area contributed by atoms with E-state index >= 15 is 4.79 Å². The van der Waals surface area contributed by atoms with Gasteiger partial charge in [0, 0.05) is 54.6 Å². The maximum absolute atomic E-state index is 15.1. The Kier molecular flexibility index (Phi) is 46.2. The van der Waals surface area contributed by atoms with Gasteiger partial charge in [0.2, 0.25) is 11.8 Å². The van der Waals surface area contributed by atoms with Gasteiger partial charge in [0.25, 0.3) is 0 Å². The molecule has 15 atom stereocenters. The number of hydrogen-bond acceptors (Lipinski definition) is 24. The molecule has 0 unspecified atom stereocenters. The van der Waals surface area contributed by atoms with Crippen LogP contribution in [0.2, 0.25) is 0 Å². The summed E-state index contributed by atoms with van der Waals surface area (Å²) in [6.45, 7) is 22.0. The Labute approximate surface area is 633 Å². The molecular weight excluding hydrogens is 1370 g/mol. The second kappa shape index (κ2) is 51.8. The Morgan fingerprint density at radius 1 is 0.358 bits per heavy atom. The fraction of sp³-hybridized carbons (Fsp3) is 0.875. The summed E-state index contributed by atoms with van der Waals surface area (Å²) < 4.78 is 86.6. The van der Waals surface area contributed by atoms with E-state index in [1.165, 1.54) is 160 Å². The van der Waals surface area contributed by atoms with Crippen molar-refractivity contribution in [1.29, 1.82) is 0 Å². The van der Waals surface area contributed by atoms with Crippen molar-refractivity contribution in [3.05, 3.63) is 0 Å². The van der Waals surface area contributed by atoms with E-state index in [1.807, 2.05) is 0 Å². The van der Waals surface area contributed by atoms with E-state index < -0.39 is 170 Å². The number of unbranched alkanes of at least 4 members (excludes halogenated alkanes) is 30. The zero-order chi connectivity index (χ0) is 78.8. The van der Waals surface area contributed by atoms with Crippen molar-refractivity contribution in [2.24, 2.45) is 10.8 Å². The summed E-state index contributed by atoms with van der Waals surface area (Å²) in [4.78, 5) is 137. The van der Waals surface area contributed by atoms with E-state index in [0.717, 1.165) is 99.3 Å². The van der Waals surface area contributed by atoms with Crippen molar-refractivity contribution in [1.82, 2.24) is 10.2 Å². The van der Waals surface area contributed by atoms with E-state index in [9.17, 15) is 43.2 Å². The highest BCUT2D eigenvalue weighted by atomic mass is 16.8. The Hall–Kier alpha value is -5.54. The molecule has 26 heteroatoms. The van der Waals surface area contributed by atoms with E-state index in [0.29, 0.717) is 13.0 Å². The largest absolute Gasteiger partial charge is 0.462 e. The monoisotopic (exact) mass is 1510 g/mol. The first kappa shape index (κ1) is 94.7. The molecule has 0 spiro atoms. The molecule has 3 rings (SSSR count). The SMILES string of the molecule is CCCCCCCCCCCCCCCCCCNC(=O)CN(CCCCCCCCCCCCCCCCCC)C(=O)CO[C@@H]1O[C@H](COC(=O)C(C)(C)C)[C@@H](O[C@@H]2O[C@@H](C)[C@H](OC(C)=O)[C@@H](OC(C)=O)[C@H]2OC(C)=O)[C@H](OC(=O)C(C)(C)C)[C@H]1O[C@@H]1O[C@@H](C)[C@H](OC(C)=O)[C@@H](OC(C)=O)[C@H]1OC(C)=O. The van der Waals surface area contributed by atoms with Gasteiger partial charge in [-0.3, -0.25) is 47.9 Å². The number of nitrogens with zero attached hydrogens (tertiary/aromatic N) is 1. The molecule has 0 aromatic heterocycles. The second-order valence-corrected chi connectivity index (χ2v) is 31.2. The van der Waals surface area contributed by atoms with Crippen LogP contribution >= 0.6 is 0 Å². The fourth-order valence-electron chi connectivity index (χ4n) is 13.3. The van der Waals surface area contributed by atoms with Crippen LogP contribution in [0.3, 0.4) is 0 Å². The summed E-state index contributed by atoms with van der Waals surface area (Å²) in [5.74, 6) is -7.99. The summed E-state index contributed by atoms with van der Waals surface area (Å²) in [7, 11) is 0. The van der Waals surface area contributed by atoms with Crippen LogP contribution in [0.5, 0.6) is 0 Å². The maximum Gasteiger partial charge on any atom is 0.311 e. The Morgan fingerprint density at radius 2 is 0.679 bits per heavy atom. The molecule has 0 radical (unpaired) electrons. The highest BCUT2D eigenvalue weighted by molar-refractivity contribution is 5.85. The number of carbonyl (C=O) groups excluding carboxylic acids is 10. The highest BCUT2D eigenvalue weighted by Crippen LogP contribution is 2.39. The minimum absolute atomic E-state index is 0.167. The molecule has 3 aliphatic heterocycles. The first-order chi connectivity index (χ1) is 50.3. The van der Waals surface area contributed by atoms with Crippen LogP contribution in [0.4, 0.5) is 0 Å². The smallest absolute Gasteiger partial charge is 0.311 e. The standard InChI is InChI=1S/C80H138N2O24/c1-17-19-21-23-25-27-29-31-33-35-37-39-41-43-45-47-49-81-63(89)51-82(50-48-46-44-42-40-38-36-34-32-30-28-26-24-22-20-18-2)64(90)53-93-74-71(105-76-73(102-61(10)88)69(100-59(8)86)66(55(4)96-76)98-57(6)84)70(106-78(92)80(14,15)16)67(62(103-74)52-94-77(91)79(11,12)13)104-75-72(101-60(9)87)68(99-58(7)85)65(54(3)95-75)97-56(5)83/h54-55,62,65-76H,17-53H2,1-16H3,(H,81,89)/t54-,55-,62+,65-,66-,67+,68+,69+,70-,71+,72+,73+,74+,75-,76-/m0/s1. The minimum atomic E-state index is -1.93. The number of esters is 8. The van der Waals surface area contributed by atoms with Crippen molar-refractivity contribution in [3.8, 4) is 0 Å². The van der Waals surface area contributed by atoms with Gasteiger partial charge in [0.15, 0.2) is 67.7 Å². The predicted molar refractivity (Wildman–Crippen MR) is 395 cm³/mol. The molecule has 0 aliphatic carbocycles. The lowest BCUT2D eigenvalue weighted by molar-refractivity contribution is -0.385. The predicted octanol–water partition coefficient (Wildman–Crippen LogP) is 13.6. The number of ether oxygens (including phenoxy) is 14. The van der Waals surface area contributed by atoms with Gasteiger partial charge < -0.3 is 76.5 Å². The number of nitrogens with one attached hydrogen (secondary N) is 1. The van der Waals surface area contributed by atoms with E-state index in [2.05, 4.69) is 19.2 Å². The molecule has 3 fully saturated rings. The van der Waals surface area contributed by atoms with Crippen LogP contribution in [0.1, 0.15) is 316 Å². The van der Waals surface area contributed by atoms with Crippen molar-refractivity contribution >= 4 is 59.6 Å². The van der Waals surface area contributed by atoms with Crippen LogP contribution < -0.4 is 5.32 Å². The molecule has 612 valence electrons. The van der Waals surface area contributed by atoms with E-state index in [4.69, 9.17) is 66.3 Å². The zero-order valence-corrected chi connectivity index (χ0v) is 67.6. The third kappa shape index (κ3) is 37.7. The average Bonchev–Trinajstić information content (AvgIpc) is 0.761. The number of amides is 2. The molecule has 0 saturated carbocycles. The Bertz CT molecular complexity index is 2590. The summed E-state index contributed by atoms with van der Waals surface area (Å²) >= 11 is 0. The molecule has 26 nitrogen and oxygen atoms in total. The molecule has 0 aromatic carbocycles. The molecule has 3 heterocycles. The number of hydrogen-bond donors (Lipinski definition) is 1. The second-order valence-electron chi connectivity index (χ2n) is 31.2. The normalized spacial score (nSPS) is 24.6. The van der Waals surface area contributed by atoms with Crippen LogP contribution in [-0.4, -0.2) is 189 Å². The maximum atomic E-state index is 15.1. The molecule has 2 amide bonds. The van der Waals surface area contributed by atoms with E-state index in [-0.39, 0.29) is 19.0 Å².